The minimum absolute atomic E-state index is 0.512. The van der Waals surface area contributed by atoms with E-state index >= 15 is 0 Å². The first-order valence-corrected chi connectivity index (χ1v) is 3.80. The normalized spacial score (nSPS) is 13.1. The fourth-order valence-electron chi connectivity index (χ4n) is 0.571. The van der Waals surface area contributed by atoms with E-state index in [0.29, 0.717) is 0 Å². The molecule has 1 N–H and O–H groups in total. The van der Waals surface area contributed by atoms with E-state index in [1.807, 2.05) is 0 Å². The summed E-state index contributed by atoms with van der Waals surface area (Å²) in [6, 6.07) is 0. The second kappa shape index (κ2) is 6.85. The first-order chi connectivity index (χ1) is 6.61. The molecule has 0 aliphatic rings. The lowest BCUT2D eigenvalue weighted by molar-refractivity contribution is -0.147. The quantitative estimate of drug-likeness (QED) is 0.386. The van der Waals surface area contributed by atoms with Crippen molar-refractivity contribution in [2.24, 2.45) is 0 Å². The first-order valence-electron chi connectivity index (χ1n) is 3.80. The summed E-state index contributed by atoms with van der Waals surface area (Å²) in [5.41, 5.74) is 0. The Bertz CT molecular complexity index is 254. The molecule has 14 heavy (non-hydrogen) atoms. The van der Waals surface area contributed by atoms with E-state index in [4.69, 9.17) is 5.11 Å². The van der Waals surface area contributed by atoms with Gasteiger partial charge in [0, 0.05) is 6.08 Å². The Morgan fingerprint density at radius 2 is 1.86 bits per heavy atom. The molecule has 0 rings (SSSR count). The van der Waals surface area contributed by atoms with Crippen molar-refractivity contribution in [1.29, 1.82) is 0 Å². The summed E-state index contributed by atoms with van der Waals surface area (Å²) in [5, 5.41) is 9.03. The van der Waals surface area contributed by atoms with Crippen molar-refractivity contribution in [3.63, 3.8) is 0 Å². The van der Waals surface area contributed by atoms with Gasteiger partial charge >= 0.3 is 11.9 Å². The zero-order valence-corrected chi connectivity index (χ0v) is 7.97. The van der Waals surface area contributed by atoms with Crippen LogP contribution in [0.4, 0.5) is 0 Å². The fraction of sp³-hybridized carbons (Fsp3) is 0.333. The molecule has 0 saturated carbocycles. The maximum Gasteiger partial charge on any atom is 0.338 e. The molecule has 0 amide bonds. The summed E-state index contributed by atoms with van der Waals surface area (Å²) < 4.78 is 8.57. The van der Waals surface area contributed by atoms with E-state index < -0.39 is 18.0 Å². The van der Waals surface area contributed by atoms with E-state index in [1.165, 1.54) is 32.4 Å². The van der Waals surface area contributed by atoms with E-state index in [-0.39, 0.29) is 0 Å². The highest BCUT2D eigenvalue weighted by Gasteiger charge is 2.09. The second-order valence-corrected chi connectivity index (χ2v) is 2.24. The number of hydrogen-bond donors (Lipinski definition) is 1. The smallest absolute Gasteiger partial charge is 0.338 e. The van der Waals surface area contributed by atoms with Crippen LogP contribution in [0.15, 0.2) is 24.3 Å². The standard InChI is InChI=1S/C9H12O5/c1-13-8(11)6-4-3-5-7(10)9(12)14-2/h3-7,10H,1-2H3/b5-3-,6-4+/t7-/m1/s1. The molecule has 1 atom stereocenters. The van der Waals surface area contributed by atoms with Gasteiger partial charge in [-0.3, -0.25) is 0 Å². The van der Waals surface area contributed by atoms with Crippen LogP contribution in [0.1, 0.15) is 0 Å². The van der Waals surface area contributed by atoms with Crippen LogP contribution in [0, 0.1) is 0 Å². The molecule has 0 aliphatic carbocycles. The topological polar surface area (TPSA) is 72.8 Å². The minimum Gasteiger partial charge on any atom is -0.467 e. The van der Waals surface area contributed by atoms with E-state index in [9.17, 15) is 9.59 Å². The fourth-order valence-corrected chi connectivity index (χ4v) is 0.571. The lowest BCUT2D eigenvalue weighted by Gasteiger charge is -2.00. The van der Waals surface area contributed by atoms with Crippen LogP contribution < -0.4 is 0 Å². The molecule has 0 aromatic carbocycles. The van der Waals surface area contributed by atoms with E-state index in [1.54, 1.807) is 0 Å². The molecule has 0 aromatic heterocycles. The number of hydrogen-bond acceptors (Lipinski definition) is 5. The molecule has 0 saturated heterocycles. The van der Waals surface area contributed by atoms with Crippen molar-refractivity contribution in [3.8, 4) is 0 Å². The van der Waals surface area contributed by atoms with Gasteiger partial charge in [-0.15, -0.1) is 0 Å². The molecule has 0 aliphatic heterocycles. The van der Waals surface area contributed by atoms with Crippen LogP contribution in [-0.2, 0) is 19.1 Å². The summed E-state index contributed by atoms with van der Waals surface area (Å²) in [6.45, 7) is 0. The Kier molecular flexibility index (Phi) is 6.06. The lowest BCUT2D eigenvalue weighted by atomic mass is 10.3. The van der Waals surface area contributed by atoms with Crippen molar-refractivity contribution in [3.05, 3.63) is 24.3 Å². The molecule has 0 radical (unpaired) electrons. The number of carbonyl (C=O) groups excluding carboxylic acids is 2. The molecule has 0 unspecified atom stereocenters. The van der Waals surface area contributed by atoms with Crippen molar-refractivity contribution < 1.29 is 24.2 Å². The highest BCUT2D eigenvalue weighted by Crippen LogP contribution is 1.90. The Hall–Kier alpha value is -1.62. The van der Waals surface area contributed by atoms with Gasteiger partial charge in [0.15, 0.2) is 6.10 Å². The predicted octanol–water partition coefficient (Wildman–Crippen LogP) is -0.194. The number of allylic oxidation sites excluding steroid dienone is 2. The van der Waals surface area contributed by atoms with Crippen LogP contribution >= 0.6 is 0 Å². The number of esters is 2. The number of ether oxygens (including phenoxy) is 2. The Labute approximate surface area is 81.6 Å². The van der Waals surface area contributed by atoms with Gasteiger partial charge in [0.05, 0.1) is 14.2 Å². The van der Waals surface area contributed by atoms with Crippen LogP contribution in [0.2, 0.25) is 0 Å². The lowest BCUT2D eigenvalue weighted by Crippen LogP contribution is -2.18. The highest BCUT2D eigenvalue weighted by molar-refractivity contribution is 5.82. The molecule has 0 aromatic rings. The highest BCUT2D eigenvalue weighted by atomic mass is 16.5. The van der Waals surface area contributed by atoms with Gasteiger partial charge in [-0.1, -0.05) is 12.2 Å². The zero-order valence-electron chi connectivity index (χ0n) is 7.97. The average molecular weight is 200 g/mol. The van der Waals surface area contributed by atoms with Crippen LogP contribution in [-0.4, -0.2) is 37.4 Å². The third-order valence-corrected chi connectivity index (χ3v) is 1.28. The summed E-state index contributed by atoms with van der Waals surface area (Å²) in [4.78, 5) is 21.2. The molecule has 0 heterocycles. The third-order valence-electron chi connectivity index (χ3n) is 1.28. The van der Waals surface area contributed by atoms with Gasteiger partial charge in [0.25, 0.3) is 0 Å². The summed E-state index contributed by atoms with van der Waals surface area (Å²) in [6.07, 6.45) is 3.71. The predicted molar refractivity (Wildman–Crippen MR) is 48.3 cm³/mol. The SMILES string of the molecule is COC(=O)/C=C/C=C\[C@@H](O)C(=O)OC. The number of carbonyl (C=O) groups is 2. The van der Waals surface area contributed by atoms with E-state index in [2.05, 4.69) is 9.47 Å². The van der Waals surface area contributed by atoms with Crippen molar-refractivity contribution in [2.75, 3.05) is 14.2 Å². The van der Waals surface area contributed by atoms with Gasteiger partial charge in [-0.2, -0.15) is 0 Å². The zero-order chi connectivity index (χ0) is 11.0. The molecule has 5 heteroatoms. The number of methoxy groups -OCH3 is 2. The van der Waals surface area contributed by atoms with Crippen molar-refractivity contribution >= 4 is 11.9 Å². The second-order valence-electron chi connectivity index (χ2n) is 2.24. The summed E-state index contributed by atoms with van der Waals surface area (Å²) in [7, 11) is 2.42. The third kappa shape index (κ3) is 5.10. The van der Waals surface area contributed by atoms with Crippen molar-refractivity contribution in [1.82, 2.24) is 0 Å². The summed E-state index contributed by atoms with van der Waals surface area (Å²) >= 11 is 0. The molecule has 0 spiro atoms. The Morgan fingerprint density at radius 3 is 2.36 bits per heavy atom. The van der Waals surface area contributed by atoms with Crippen LogP contribution in [0.25, 0.3) is 0 Å². The average Bonchev–Trinajstić information content (AvgIpc) is 2.22. The Balaban J connectivity index is 4.00. The molecule has 5 nitrogen and oxygen atoms in total. The maximum absolute atomic E-state index is 10.7. The molecule has 78 valence electrons. The molecule has 0 fully saturated rings. The first kappa shape index (κ1) is 12.4. The van der Waals surface area contributed by atoms with Gasteiger partial charge in [0.1, 0.15) is 0 Å². The number of aliphatic hydroxyl groups is 1. The maximum atomic E-state index is 10.7. The Morgan fingerprint density at radius 1 is 1.21 bits per heavy atom. The number of rotatable bonds is 4. The molecular weight excluding hydrogens is 188 g/mol. The number of aliphatic hydroxyl groups excluding tert-OH is 1. The minimum atomic E-state index is -1.32. The van der Waals surface area contributed by atoms with Gasteiger partial charge < -0.3 is 14.6 Å². The van der Waals surface area contributed by atoms with Gasteiger partial charge in [-0.25, -0.2) is 9.59 Å². The van der Waals surface area contributed by atoms with Crippen LogP contribution in [0.5, 0.6) is 0 Å². The van der Waals surface area contributed by atoms with Gasteiger partial charge in [-0.05, 0) is 6.08 Å². The summed E-state index contributed by atoms with van der Waals surface area (Å²) in [5.74, 6) is -1.27. The molecular formula is C9H12O5. The monoisotopic (exact) mass is 200 g/mol. The molecule has 0 bridgehead atoms. The van der Waals surface area contributed by atoms with E-state index in [0.717, 1.165) is 6.08 Å². The van der Waals surface area contributed by atoms with Crippen molar-refractivity contribution in [2.45, 2.75) is 6.10 Å². The largest absolute Gasteiger partial charge is 0.467 e. The van der Waals surface area contributed by atoms with Crippen LogP contribution in [0.3, 0.4) is 0 Å². The van der Waals surface area contributed by atoms with Gasteiger partial charge in [0.2, 0.25) is 0 Å².